The van der Waals surface area contributed by atoms with Crippen molar-refractivity contribution in [3.05, 3.63) is 64.7 Å². The van der Waals surface area contributed by atoms with E-state index in [0.717, 1.165) is 5.56 Å². The Hall–Kier alpha value is -2.86. The van der Waals surface area contributed by atoms with Crippen LogP contribution in [0.2, 0.25) is 5.02 Å². The number of benzene rings is 2. The summed E-state index contributed by atoms with van der Waals surface area (Å²) >= 11 is 5.90. The predicted octanol–water partition coefficient (Wildman–Crippen LogP) is 2.81. The maximum atomic E-state index is 11.9. The van der Waals surface area contributed by atoms with Gasteiger partial charge in [-0.25, -0.2) is 4.79 Å². The molecule has 0 saturated carbocycles. The molecule has 0 aliphatic carbocycles. The van der Waals surface area contributed by atoms with Crippen molar-refractivity contribution in [1.29, 1.82) is 0 Å². The molecule has 0 unspecified atom stereocenters. The van der Waals surface area contributed by atoms with Gasteiger partial charge < -0.3 is 15.4 Å². The highest BCUT2D eigenvalue weighted by atomic mass is 35.5. The van der Waals surface area contributed by atoms with Gasteiger partial charge in [0.2, 0.25) is 5.91 Å². The standard InChI is InChI=1S/C19H19ClN2O4/c1-13(23)22-17-7-5-15(6-8-17)19(25)26-12-18(24)21-10-9-14-3-2-4-16(20)11-14/h2-8,11H,9-10,12H2,1H3,(H,21,24)(H,22,23). The smallest absolute Gasteiger partial charge is 0.338 e. The maximum absolute atomic E-state index is 11.9. The van der Waals surface area contributed by atoms with E-state index < -0.39 is 5.97 Å². The van der Waals surface area contributed by atoms with E-state index in [1.54, 1.807) is 18.2 Å². The lowest BCUT2D eigenvalue weighted by molar-refractivity contribution is -0.124. The van der Waals surface area contributed by atoms with Crippen LogP contribution in [0.25, 0.3) is 0 Å². The molecule has 0 aliphatic rings. The molecule has 0 aromatic heterocycles. The second-order valence-corrected chi connectivity index (χ2v) is 6.00. The number of rotatable bonds is 7. The molecule has 0 heterocycles. The largest absolute Gasteiger partial charge is 0.452 e. The van der Waals surface area contributed by atoms with Crippen LogP contribution in [-0.2, 0) is 20.7 Å². The summed E-state index contributed by atoms with van der Waals surface area (Å²) in [6.07, 6.45) is 0.630. The number of carbonyl (C=O) groups excluding carboxylic acids is 3. The fourth-order valence-electron chi connectivity index (χ4n) is 2.20. The van der Waals surface area contributed by atoms with Gasteiger partial charge in [0.25, 0.3) is 5.91 Å². The Labute approximate surface area is 156 Å². The first-order valence-electron chi connectivity index (χ1n) is 8.00. The number of halogens is 1. The maximum Gasteiger partial charge on any atom is 0.338 e. The molecule has 6 nitrogen and oxygen atoms in total. The van der Waals surface area contributed by atoms with E-state index in [0.29, 0.717) is 29.2 Å². The van der Waals surface area contributed by atoms with Gasteiger partial charge in [0.05, 0.1) is 5.56 Å². The third-order valence-corrected chi connectivity index (χ3v) is 3.64. The highest BCUT2D eigenvalue weighted by Crippen LogP contribution is 2.11. The Morgan fingerprint density at radius 1 is 1.08 bits per heavy atom. The summed E-state index contributed by atoms with van der Waals surface area (Å²) < 4.78 is 4.97. The summed E-state index contributed by atoms with van der Waals surface area (Å²) in [6.45, 7) is 1.46. The second kappa shape index (κ2) is 9.58. The lowest BCUT2D eigenvalue weighted by atomic mass is 10.1. The Bertz CT molecular complexity index is 790. The van der Waals surface area contributed by atoms with Crippen LogP contribution in [0.3, 0.4) is 0 Å². The molecule has 0 spiro atoms. The highest BCUT2D eigenvalue weighted by molar-refractivity contribution is 6.30. The van der Waals surface area contributed by atoms with Gasteiger partial charge in [-0.1, -0.05) is 23.7 Å². The van der Waals surface area contributed by atoms with Crippen LogP contribution in [0.15, 0.2) is 48.5 Å². The number of anilines is 1. The van der Waals surface area contributed by atoms with Crippen molar-refractivity contribution < 1.29 is 19.1 Å². The van der Waals surface area contributed by atoms with Crippen molar-refractivity contribution >= 4 is 35.1 Å². The molecule has 2 rings (SSSR count). The summed E-state index contributed by atoms with van der Waals surface area (Å²) in [5.74, 6) is -1.19. The molecule has 136 valence electrons. The van der Waals surface area contributed by atoms with Crippen LogP contribution in [-0.4, -0.2) is 30.9 Å². The Morgan fingerprint density at radius 3 is 2.46 bits per heavy atom. The molecule has 26 heavy (non-hydrogen) atoms. The molecule has 0 fully saturated rings. The first kappa shape index (κ1) is 19.5. The van der Waals surface area contributed by atoms with Gasteiger partial charge in [-0.05, 0) is 48.4 Å². The van der Waals surface area contributed by atoms with E-state index in [2.05, 4.69) is 10.6 Å². The molecular weight excluding hydrogens is 356 g/mol. The van der Waals surface area contributed by atoms with Gasteiger partial charge in [0.1, 0.15) is 0 Å². The van der Waals surface area contributed by atoms with Gasteiger partial charge in [-0.2, -0.15) is 0 Å². The van der Waals surface area contributed by atoms with Crippen LogP contribution in [0, 0.1) is 0 Å². The lowest BCUT2D eigenvalue weighted by Crippen LogP contribution is -2.30. The summed E-state index contributed by atoms with van der Waals surface area (Å²) in [6, 6.07) is 13.6. The van der Waals surface area contributed by atoms with Gasteiger partial charge in [-0.3, -0.25) is 9.59 Å². The number of carbonyl (C=O) groups is 3. The third kappa shape index (κ3) is 6.57. The summed E-state index contributed by atoms with van der Waals surface area (Å²) in [4.78, 5) is 34.6. The Balaban J connectivity index is 1.72. The molecule has 2 N–H and O–H groups in total. The number of hydrogen-bond acceptors (Lipinski definition) is 4. The van der Waals surface area contributed by atoms with Crippen LogP contribution < -0.4 is 10.6 Å². The van der Waals surface area contributed by atoms with Crippen LogP contribution in [0.5, 0.6) is 0 Å². The van der Waals surface area contributed by atoms with E-state index in [4.69, 9.17) is 16.3 Å². The topological polar surface area (TPSA) is 84.5 Å². The van der Waals surface area contributed by atoms with Crippen molar-refractivity contribution in [2.45, 2.75) is 13.3 Å². The Kier molecular flexibility index (Phi) is 7.17. The second-order valence-electron chi connectivity index (χ2n) is 5.56. The number of hydrogen-bond donors (Lipinski definition) is 2. The molecule has 2 aromatic rings. The molecule has 0 aliphatic heterocycles. The summed E-state index contributed by atoms with van der Waals surface area (Å²) in [5, 5.41) is 5.92. The fraction of sp³-hybridized carbons (Fsp3) is 0.211. The fourth-order valence-corrected chi connectivity index (χ4v) is 2.41. The summed E-state index contributed by atoms with van der Waals surface area (Å²) in [7, 11) is 0. The van der Waals surface area contributed by atoms with Crippen molar-refractivity contribution in [3.8, 4) is 0 Å². The van der Waals surface area contributed by atoms with Gasteiger partial charge in [0.15, 0.2) is 6.61 Å². The van der Waals surface area contributed by atoms with Crippen molar-refractivity contribution in [3.63, 3.8) is 0 Å². The minimum absolute atomic E-state index is 0.199. The predicted molar refractivity (Wildman–Crippen MR) is 99.2 cm³/mol. The van der Waals surface area contributed by atoms with Gasteiger partial charge in [0, 0.05) is 24.2 Å². The number of ether oxygens (including phenoxy) is 1. The molecule has 2 aromatic carbocycles. The molecule has 7 heteroatoms. The van der Waals surface area contributed by atoms with Crippen molar-refractivity contribution in [2.75, 3.05) is 18.5 Å². The third-order valence-electron chi connectivity index (χ3n) is 3.40. The first-order valence-corrected chi connectivity index (χ1v) is 8.38. The van der Waals surface area contributed by atoms with E-state index in [1.165, 1.54) is 19.1 Å². The van der Waals surface area contributed by atoms with E-state index >= 15 is 0 Å². The van der Waals surface area contributed by atoms with E-state index in [1.807, 2.05) is 18.2 Å². The molecule has 0 radical (unpaired) electrons. The average Bonchev–Trinajstić information content (AvgIpc) is 2.60. The number of nitrogens with one attached hydrogen (secondary N) is 2. The van der Waals surface area contributed by atoms with Crippen LogP contribution in [0.4, 0.5) is 5.69 Å². The van der Waals surface area contributed by atoms with Gasteiger partial charge in [-0.15, -0.1) is 0 Å². The van der Waals surface area contributed by atoms with E-state index in [-0.39, 0.29) is 18.4 Å². The average molecular weight is 375 g/mol. The van der Waals surface area contributed by atoms with Crippen molar-refractivity contribution in [2.24, 2.45) is 0 Å². The van der Waals surface area contributed by atoms with E-state index in [9.17, 15) is 14.4 Å². The molecular formula is C19H19ClN2O4. The zero-order valence-corrected chi connectivity index (χ0v) is 15.0. The molecule has 0 atom stereocenters. The zero-order chi connectivity index (χ0) is 18.9. The molecule has 0 saturated heterocycles. The summed E-state index contributed by atoms with van der Waals surface area (Å²) in [5.41, 5.74) is 1.88. The number of amides is 2. The number of esters is 1. The van der Waals surface area contributed by atoms with Crippen LogP contribution in [0.1, 0.15) is 22.8 Å². The van der Waals surface area contributed by atoms with Crippen molar-refractivity contribution in [1.82, 2.24) is 5.32 Å². The monoisotopic (exact) mass is 374 g/mol. The normalized spacial score (nSPS) is 10.1. The van der Waals surface area contributed by atoms with Crippen LogP contribution >= 0.6 is 11.6 Å². The molecule has 2 amide bonds. The zero-order valence-electron chi connectivity index (χ0n) is 14.3. The SMILES string of the molecule is CC(=O)Nc1ccc(C(=O)OCC(=O)NCCc2cccc(Cl)c2)cc1. The Morgan fingerprint density at radius 2 is 1.81 bits per heavy atom. The molecule has 0 bridgehead atoms. The quantitative estimate of drug-likeness (QED) is 0.730. The lowest BCUT2D eigenvalue weighted by Gasteiger charge is -2.08. The van der Waals surface area contributed by atoms with Gasteiger partial charge >= 0.3 is 5.97 Å². The minimum atomic E-state index is -0.607. The minimum Gasteiger partial charge on any atom is -0.452 e. The highest BCUT2D eigenvalue weighted by Gasteiger charge is 2.10. The first-order chi connectivity index (χ1) is 12.4.